The molecule has 0 bridgehead atoms. The van der Waals surface area contributed by atoms with Crippen LogP contribution in [0.2, 0.25) is 0 Å². The Hall–Kier alpha value is -1.85. The Morgan fingerprint density at radius 2 is 1.89 bits per heavy atom. The molecule has 4 nitrogen and oxygen atoms in total. The molecule has 0 spiro atoms. The minimum absolute atomic E-state index is 0.0211. The molecule has 0 saturated carbocycles. The summed E-state index contributed by atoms with van der Waals surface area (Å²) in [6, 6.07) is 5.87. The fraction of sp³-hybridized carbons (Fsp3) is 0.417. The first-order valence-electron chi connectivity index (χ1n) is 5.45. The predicted octanol–water partition coefficient (Wildman–Crippen LogP) is 2.65. The van der Waals surface area contributed by atoms with Crippen LogP contribution in [0.3, 0.4) is 0 Å². The van der Waals surface area contributed by atoms with E-state index in [-0.39, 0.29) is 24.4 Å². The van der Waals surface area contributed by atoms with Crippen molar-refractivity contribution in [3.8, 4) is 5.75 Å². The fourth-order valence-electron chi connectivity index (χ4n) is 1.23. The number of halogens is 2. The summed E-state index contributed by atoms with van der Waals surface area (Å²) >= 11 is 0. The van der Waals surface area contributed by atoms with E-state index in [1.54, 1.807) is 26.0 Å². The van der Waals surface area contributed by atoms with Gasteiger partial charge in [-0.3, -0.25) is 4.79 Å². The van der Waals surface area contributed by atoms with E-state index in [2.05, 4.69) is 10.1 Å². The molecule has 0 heterocycles. The Labute approximate surface area is 104 Å². The zero-order valence-electron chi connectivity index (χ0n) is 10.2. The normalized spacial score (nSPS) is 10.6. The number of carbonyl (C=O) groups excluding carboxylic acids is 1. The molecule has 6 heteroatoms. The van der Waals surface area contributed by atoms with Crippen molar-refractivity contribution in [2.45, 2.75) is 26.6 Å². The Balaban J connectivity index is 2.41. The van der Waals surface area contributed by atoms with Gasteiger partial charge in [0, 0.05) is 5.69 Å². The highest BCUT2D eigenvalue weighted by Gasteiger charge is 2.06. The van der Waals surface area contributed by atoms with E-state index in [9.17, 15) is 13.6 Å². The van der Waals surface area contributed by atoms with E-state index >= 15 is 0 Å². The zero-order chi connectivity index (χ0) is 13.5. The summed E-state index contributed by atoms with van der Waals surface area (Å²) in [6.45, 7) is 0.695. The minimum Gasteiger partial charge on any atom is -0.462 e. The van der Waals surface area contributed by atoms with Crippen molar-refractivity contribution >= 4 is 11.7 Å². The van der Waals surface area contributed by atoms with Crippen LogP contribution in [-0.4, -0.2) is 25.2 Å². The van der Waals surface area contributed by atoms with Gasteiger partial charge in [-0.1, -0.05) is 0 Å². The molecule has 0 aromatic heterocycles. The largest absolute Gasteiger partial charge is 0.462 e. The van der Waals surface area contributed by atoms with Crippen LogP contribution in [0, 0.1) is 0 Å². The first kappa shape index (κ1) is 14.2. The molecule has 0 fully saturated rings. The number of ether oxygens (including phenoxy) is 2. The standard InChI is InChI=1S/C12H15F2NO3/c1-8(2)17-11(16)7-15-9-3-5-10(6-4-9)18-12(13)14/h3-6,8,12,15H,7H2,1-2H3. The van der Waals surface area contributed by atoms with Crippen molar-refractivity contribution in [1.82, 2.24) is 0 Å². The van der Waals surface area contributed by atoms with Gasteiger partial charge in [-0.2, -0.15) is 8.78 Å². The Morgan fingerprint density at radius 3 is 2.39 bits per heavy atom. The van der Waals surface area contributed by atoms with Crippen molar-refractivity contribution in [1.29, 1.82) is 0 Å². The molecule has 0 aliphatic rings. The first-order chi connectivity index (χ1) is 8.47. The molecule has 0 unspecified atom stereocenters. The van der Waals surface area contributed by atoms with Crippen LogP contribution in [0.1, 0.15) is 13.8 Å². The van der Waals surface area contributed by atoms with Gasteiger partial charge in [-0.05, 0) is 38.1 Å². The van der Waals surface area contributed by atoms with E-state index < -0.39 is 6.61 Å². The Kier molecular flexibility index (Phi) is 5.35. The summed E-state index contributed by atoms with van der Waals surface area (Å²) in [4.78, 5) is 11.2. The molecule has 1 aromatic rings. The molecule has 0 aliphatic carbocycles. The van der Waals surface area contributed by atoms with E-state index in [1.807, 2.05) is 0 Å². The Morgan fingerprint density at radius 1 is 1.28 bits per heavy atom. The highest BCUT2D eigenvalue weighted by molar-refractivity contribution is 5.75. The smallest absolute Gasteiger partial charge is 0.387 e. The van der Waals surface area contributed by atoms with E-state index in [4.69, 9.17) is 4.74 Å². The lowest BCUT2D eigenvalue weighted by atomic mass is 10.3. The van der Waals surface area contributed by atoms with Crippen LogP contribution < -0.4 is 10.1 Å². The number of rotatable bonds is 6. The third-order valence-electron chi connectivity index (χ3n) is 1.88. The molecule has 0 atom stereocenters. The number of hydrogen-bond donors (Lipinski definition) is 1. The van der Waals surface area contributed by atoms with Gasteiger partial charge < -0.3 is 14.8 Å². The number of carbonyl (C=O) groups is 1. The Bertz CT molecular complexity index is 379. The van der Waals surface area contributed by atoms with E-state index in [1.165, 1.54) is 12.1 Å². The van der Waals surface area contributed by atoms with E-state index in [0.717, 1.165) is 0 Å². The van der Waals surface area contributed by atoms with Gasteiger partial charge in [0.25, 0.3) is 0 Å². The maximum absolute atomic E-state index is 11.9. The van der Waals surface area contributed by atoms with Gasteiger partial charge in [-0.15, -0.1) is 0 Å². The number of esters is 1. The molecule has 100 valence electrons. The minimum atomic E-state index is -2.84. The van der Waals surface area contributed by atoms with Crippen molar-refractivity contribution < 1.29 is 23.0 Å². The maximum Gasteiger partial charge on any atom is 0.387 e. The van der Waals surface area contributed by atoms with Gasteiger partial charge in [0.15, 0.2) is 0 Å². The highest BCUT2D eigenvalue weighted by Crippen LogP contribution is 2.17. The molecule has 1 N–H and O–H groups in total. The number of hydrogen-bond acceptors (Lipinski definition) is 4. The summed E-state index contributed by atoms with van der Waals surface area (Å²) in [6.07, 6.45) is -0.166. The summed E-state index contributed by atoms with van der Waals surface area (Å²) in [7, 11) is 0. The number of benzene rings is 1. The first-order valence-corrected chi connectivity index (χ1v) is 5.45. The highest BCUT2D eigenvalue weighted by atomic mass is 19.3. The second kappa shape index (κ2) is 6.78. The molecular weight excluding hydrogens is 244 g/mol. The van der Waals surface area contributed by atoms with E-state index in [0.29, 0.717) is 5.69 Å². The van der Waals surface area contributed by atoms with Gasteiger partial charge in [0.05, 0.1) is 6.10 Å². The SMILES string of the molecule is CC(C)OC(=O)CNc1ccc(OC(F)F)cc1. The third-order valence-corrected chi connectivity index (χ3v) is 1.88. The van der Waals surface area contributed by atoms with Crippen molar-refractivity contribution in [3.63, 3.8) is 0 Å². The van der Waals surface area contributed by atoms with Crippen molar-refractivity contribution in [2.75, 3.05) is 11.9 Å². The van der Waals surface area contributed by atoms with Crippen molar-refractivity contribution in [2.24, 2.45) is 0 Å². The molecule has 0 radical (unpaired) electrons. The zero-order valence-corrected chi connectivity index (χ0v) is 10.2. The lowest BCUT2D eigenvalue weighted by Gasteiger charge is -2.10. The summed E-state index contributed by atoms with van der Waals surface area (Å²) < 4.78 is 32.9. The molecule has 1 rings (SSSR count). The van der Waals surface area contributed by atoms with Crippen LogP contribution in [-0.2, 0) is 9.53 Å². The number of alkyl halides is 2. The van der Waals surface area contributed by atoms with Gasteiger partial charge in [-0.25, -0.2) is 0 Å². The van der Waals surface area contributed by atoms with Gasteiger partial charge in [0.1, 0.15) is 12.3 Å². The monoisotopic (exact) mass is 259 g/mol. The van der Waals surface area contributed by atoms with Crippen LogP contribution in [0.5, 0.6) is 5.75 Å². The van der Waals surface area contributed by atoms with Crippen LogP contribution in [0.4, 0.5) is 14.5 Å². The molecular formula is C12H15F2NO3. The maximum atomic E-state index is 11.9. The quantitative estimate of drug-likeness (QED) is 0.798. The third kappa shape index (κ3) is 5.47. The fourth-order valence-corrected chi connectivity index (χ4v) is 1.23. The van der Waals surface area contributed by atoms with Gasteiger partial charge in [0.2, 0.25) is 0 Å². The molecule has 1 aromatic carbocycles. The molecule has 0 saturated heterocycles. The lowest BCUT2D eigenvalue weighted by molar-refractivity contribution is -0.145. The van der Waals surface area contributed by atoms with Crippen LogP contribution in [0.25, 0.3) is 0 Å². The molecule has 18 heavy (non-hydrogen) atoms. The number of nitrogens with one attached hydrogen (secondary N) is 1. The second-order valence-corrected chi connectivity index (χ2v) is 3.80. The van der Waals surface area contributed by atoms with Crippen LogP contribution in [0.15, 0.2) is 24.3 Å². The average Bonchev–Trinajstić information content (AvgIpc) is 2.26. The number of anilines is 1. The average molecular weight is 259 g/mol. The lowest BCUT2D eigenvalue weighted by Crippen LogP contribution is -2.20. The topological polar surface area (TPSA) is 47.6 Å². The predicted molar refractivity (Wildman–Crippen MR) is 62.8 cm³/mol. The molecule has 0 amide bonds. The summed E-state index contributed by atoms with van der Waals surface area (Å²) in [5.41, 5.74) is 0.623. The summed E-state index contributed by atoms with van der Waals surface area (Å²) in [5, 5.41) is 2.81. The van der Waals surface area contributed by atoms with Crippen LogP contribution >= 0.6 is 0 Å². The van der Waals surface area contributed by atoms with Crippen molar-refractivity contribution in [3.05, 3.63) is 24.3 Å². The summed E-state index contributed by atoms with van der Waals surface area (Å²) in [5.74, 6) is -0.307. The van der Waals surface area contributed by atoms with Gasteiger partial charge >= 0.3 is 12.6 Å². The second-order valence-electron chi connectivity index (χ2n) is 3.80. The molecule has 0 aliphatic heterocycles.